The molecule has 3 N–H and O–H groups in total. The molecule has 0 saturated carbocycles. The van der Waals surface area contributed by atoms with Crippen LogP contribution in [0.3, 0.4) is 0 Å². The van der Waals surface area contributed by atoms with Gasteiger partial charge in [-0.2, -0.15) is 0 Å². The van der Waals surface area contributed by atoms with E-state index in [0.29, 0.717) is 5.65 Å². The van der Waals surface area contributed by atoms with Gasteiger partial charge in [-0.1, -0.05) is 24.3 Å². The molecular formula is C16H15N3O. The number of nitrogens with zero attached hydrogens (tertiary/aromatic N) is 1. The van der Waals surface area contributed by atoms with Gasteiger partial charge in [0.25, 0.3) is 0 Å². The van der Waals surface area contributed by atoms with Crippen LogP contribution in [-0.4, -0.2) is 9.97 Å². The van der Waals surface area contributed by atoms with Crippen LogP contribution in [-0.2, 0) is 0 Å². The number of aromatic nitrogens is 2. The highest BCUT2D eigenvalue weighted by Crippen LogP contribution is 2.26. The Hall–Kier alpha value is -2.46. The summed E-state index contributed by atoms with van der Waals surface area (Å²) < 4.78 is 0. The molecule has 0 saturated heterocycles. The van der Waals surface area contributed by atoms with Gasteiger partial charge < -0.3 is 10.7 Å². The van der Waals surface area contributed by atoms with Crippen LogP contribution in [0, 0.1) is 0 Å². The van der Waals surface area contributed by atoms with Crippen molar-refractivity contribution in [2.45, 2.75) is 13.0 Å². The maximum atomic E-state index is 11.3. The summed E-state index contributed by atoms with van der Waals surface area (Å²) in [7, 11) is 0. The Morgan fingerprint density at radius 2 is 1.85 bits per heavy atom. The van der Waals surface area contributed by atoms with Gasteiger partial charge in [0, 0.05) is 23.7 Å². The lowest BCUT2D eigenvalue weighted by molar-refractivity contribution is 0.818. The molecule has 2 aromatic heterocycles. The molecule has 0 amide bonds. The summed E-state index contributed by atoms with van der Waals surface area (Å²) in [5, 5.41) is 0.931. The summed E-state index contributed by atoms with van der Waals surface area (Å²) in [4.78, 5) is 18.3. The molecule has 0 bridgehead atoms. The van der Waals surface area contributed by atoms with Crippen LogP contribution in [0.5, 0.6) is 0 Å². The van der Waals surface area contributed by atoms with Gasteiger partial charge in [-0.25, -0.2) is 4.98 Å². The molecule has 2 heterocycles. The maximum Gasteiger partial charge on any atom is 0.249 e. The van der Waals surface area contributed by atoms with E-state index >= 15 is 0 Å². The molecule has 100 valence electrons. The van der Waals surface area contributed by atoms with Gasteiger partial charge in [0.15, 0.2) is 0 Å². The average molecular weight is 265 g/mol. The standard InChI is InChI=1S/C16H15N3O/c1-10(17)11-2-4-12(5-3-11)13-8-9-18-16-14(13)6-7-15(20)19-16/h2-10H,17H2,1H3,(H,18,19,20)/t10-/m1/s1. The quantitative estimate of drug-likeness (QED) is 0.748. The van der Waals surface area contributed by atoms with E-state index < -0.39 is 0 Å². The fourth-order valence-electron chi connectivity index (χ4n) is 2.28. The minimum absolute atomic E-state index is 0.0228. The highest BCUT2D eigenvalue weighted by molar-refractivity contribution is 5.92. The number of aromatic amines is 1. The van der Waals surface area contributed by atoms with E-state index in [9.17, 15) is 4.79 Å². The summed E-state index contributed by atoms with van der Waals surface area (Å²) in [6.45, 7) is 1.96. The average Bonchev–Trinajstić information content (AvgIpc) is 2.46. The summed E-state index contributed by atoms with van der Waals surface area (Å²) in [5.41, 5.74) is 9.54. The Kier molecular flexibility index (Phi) is 3.08. The molecule has 0 unspecified atom stereocenters. The second-order valence-corrected chi connectivity index (χ2v) is 4.85. The van der Waals surface area contributed by atoms with E-state index in [-0.39, 0.29) is 11.6 Å². The molecule has 0 aliphatic rings. The SMILES string of the molecule is C[C@@H](N)c1ccc(-c2ccnc3[nH]c(=O)ccc23)cc1. The van der Waals surface area contributed by atoms with E-state index in [0.717, 1.165) is 22.1 Å². The number of pyridine rings is 2. The van der Waals surface area contributed by atoms with Crippen LogP contribution < -0.4 is 11.3 Å². The number of hydrogen-bond donors (Lipinski definition) is 2. The number of hydrogen-bond acceptors (Lipinski definition) is 3. The maximum absolute atomic E-state index is 11.3. The molecule has 0 radical (unpaired) electrons. The molecule has 1 atom stereocenters. The Balaban J connectivity index is 2.16. The molecule has 4 nitrogen and oxygen atoms in total. The van der Waals surface area contributed by atoms with Gasteiger partial charge in [0.1, 0.15) is 5.65 Å². The lowest BCUT2D eigenvalue weighted by Gasteiger charge is -2.09. The van der Waals surface area contributed by atoms with Crippen LogP contribution in [0.2, 0.25) is 0 Å². The van der Waals surface area contributed by atoms with Crippen LogP contribution in [0.25, 0.3) is 22.2 Å². The van der Waals surface area contributed by atoms with Crippen molar-refractivity contribution in [3.05, 3.63) is 64.6 Å². The topological polar surface area (TPSA) is 71.8 Å². The van der Waals surface area contributed by atoms with Gasteiger partial charge >= 0.3 is 0 Å². The number of H-pyrrole nitrogens is 1. The molecule has 3 aromatic rings. The zero-order chi connectivity index (χ0) is 14.1. The largest absolute Gasteiger partial charge is 0.324 e. The highest BCUT2D eigenvalue weighted by atomic mass is 16.1. The molecule has 4 heteroatoms. The number of rotatable bonds is 2. The van der Waals surface area contributed by atoms with Crippen LogP contribution >= 0.6 is 0 Å². The molecular weight excluding hydrogens is 250 g/mol. The number of nitrogens with one attached hydrogen (secondary N) is 1. The minimum Gasteiger partial charge on any atom is -0.324 e. The van der Waals surface area contributed by atoms with Crippen molar-refractivity contribution < 1.29 is 0 Å². The molecule has 20 heavy (non-hydrogen) atoms. The predicted octanol–water partition coefficient (Wildman–Crippen LogP) is 2.61. The summed E-state index contributed by atoms with van der Waals surface area (Å²) in [6, 6.07) is 13.4. The summed E-state index contributed by atoms with van der Waals surface area (Å²) >= 11 is 0. The van der Waals surface area contributed by atoms with Gasteiger partial charge in [-0.3, -0.25) is 4.79 Å². The zero-order valence-corrected chi connectivity index (χ0v) is 11.1. The molecule has 1 aromatic carbocycles. The second kappa shape index (κ2) is 4.90. The first-order valence-electron chi connectivity index (χ1n) is 6.49. The van der Waals surface area contributed by atoms with Crippen molar-refractivity contribution in [2.24, 2.45) is 5.73 Å². The molecule has 0 aliphatic heterocycles. The van der Waals surface area contributed by atoms with Crippen molar-refractivity contribution in [1.82, 2.24) is 9.97 Å². The minimum atomic E-state index is -0.144. The lowest BCUT2D eigenvalue weighted by atomic mass is 10.00. The van der Waals surface area contributed by atoms with E-state index in [1.807, 2.05) is 37.3 Å². The molecule has 0 spiro atoms. The van der Waals surface area contributed by atoms with Gasteiger partial charge in [-0.15, -0.1) is 0 Å². The van der Waals surface area contributed by atoms with Crippen LogP contribution in [0.15, 0.2) is 53.5 Å². The van der Waals surface area contributed by atoms with Crippen molar-refractivity contribution in [3.8, 4) is 11.1 Å². The van der Waals surface area contributed by atoms with Crippen molar-refractivity contribution in [2.75, 3.05) is 0 Å². The van der Waals surface area contributed by atoms with Crippen molar-refractivity contribution >= 4 is 11.0 Å². The fraction of sp³-hybridized carbons (Fsp3) is 0.125. The predicted molar refractivity (Wildman–Crippen MR) is 80.4 cm³/mol. The monoisotopic (exact) mass is 265 g/mol. The van der Waals surface area contributed by atoms with Gasteiger partial charge in [0.2, 0.25) is 5.56 Å². The van der Waals surface area contributed by atoms with Crippen LogP contribution in [0.1, 0.15) is 18.5 Å². The third-order valence-electron chi connectivity index (χ3n) is 3.38. The van der Waals surface area contributed by atoms with Gasteiger partial charge in [-0.05, 0) is 35.7 Å². The van der Waals surface area contributed by atoms with Crippen LogP contribution in [0.4, 0.5) is 0 Å². The van der Waals surface area contributed by atoms with E-state index in [1.165, 1.54) is 6.07 Å². The normalized spacial score (nSPS) is 12.5. The van der Waals surface area contributed by atoms with E-state index in [1.54, 1.807) is 12.3 Å². The highest BCUT2D eigenvalue weighted by Gasteiger charge is 2.06. The number of benzene rings is 1. The van der Waals surface area contributed by atoms with Crippen molar-refractivity contribution in [3.63, 3.8) is 0 Å². The zero-order valence-electron chi connectivity index (χ0n) is 11.1. The number of nitrogens with two attached hydrogens (primary N) is 1. The first kappa shape index (κ1) is 12.6. The molecule has 0 aliphatic carbocycles. The first-order chi connectivity index (χ1) is 9.65. The Morgan fingerprint density at radius 3 is 2.55 bits per heavy atom. The fourth-order valence-corrected chi connectivity index (χ4v) is 2.28. The molecule has 3 rings (SSSR count). The Bertz CT molecular complexity index is 804. The van der Waals surface area contributed by atoms with E-state index in [4.69, 9.17) is 5.73 Å². The Labute approximate surface area is 116 Å². The summed E-state index contributed by atoms with van der Waals surface area (Å²) in [5.74, 6) is 0. The van der Waals surface area contributed by atoms with Crippen molar-refractivity contribution in [1.29, 1.82) is 0 Å². The van der Waals surface area contributed by atoms with E-state index in [2.05, 4.69) is 9.97 Å². The lowest BCUT2D eigenvalue weighted by Crippen LogP contribution is -2.05. The second-order valence-electron chi connectivity index (χ2n) is 4.85. The smallest absolute Gasteiger partial charge is 0.249 e. The Morgan fingerprint density at radius 1 is 1.10 bits per heavy atom. The third-order valence-corrected chi connectivity index (χ3v) is 3.38. The molecule has 0 fully saturated rings. The van der Waals surface area contributed by atoms with Gasteiger partial charge in [0.05, 0.1) is 0 Å². The number of fused-ring (bicyclic) bond motifs is 1. The first-order valence-corrected chi connectivity index (χ1v) is 6.49. The summed E-state index contributed by atoms with van der Waals surface area (Å²) in [6.07, 6.45) is 1.70. The third kappa shape index (κ3) is 2.21.